The molecule has 178 valence electrons. The number of hydrogen-bond acceptors (Lipinski definition) is 5. The van der Waals surface area contributed by atoms with E-state index in [1.165, 1.54) is 24.3 Å². The number of Topliss-reactive ketones (excluding diaryl/α,β-unsaturated/α-hetero) is 1. The SMILES string of the molecule is Cc1cccc(C2/C(=C(/O)c3cccc([N+](=O)[O-])c3)C(=O)C(=O)N2c2cccc(C(F)(F)F)c2)c1. The highest BCUT2D eigenvalue weighted by Gasteiger charge is 2.47. The summed E-state index contributed by atoms with van der Waals surface area (Å²) in [5.74, 6) is -2.94. The number of nitrogens with zero attached hydrogens (tertiary/aromatic N) is 2. The number of nitro groups is 1. The predicted molar refractivity (Wildman–Crippen MR) is 121 cm³/mol. The summed E-state index contributed by atoms with van der Waals surface area (Å²) in [7, 11) is 0. The van der Waals surface area contributed by atoms with E-state index in [0.29, 0.717) is 5.56 Å². The van der Waals surface area contributed by atoms with Crippen LogP contribution in [-0.4, -0.2) is 21.7 Å². The highest BCUT2D eigenvalue weighted by molar-refractivity contribution is 6.51. The van der Waals surface area contributed by atoms with E-state index in [1.54, 1.807) is 31.2 Å². The molecule has 0 aromatic heterocycles. The minimum atomic E-state index is -4.69. The summed E-state index contributed by atoms with van der Waals surface area (Å²) >= 11 is 0. The maximum absolute atomic E-state index is 13.4. The van der Waals surface area contributed by atoms with E-state index >= 15 is 0 Å². The van der Waals surface area contributed by atoms with Crippen molar-refractivity contribution in [3.05, 3.63) is 111 Å². The van der Waals surface area contributed by atoms with Crippen LogP contribution in [0.5, 0.6) is 0 Å². The molecule has 1 aliphatic rings. The average molecular weight is 482 g/mol. The van der Waals surface area contributed by atoms with Gasteiger partial charge < -0.3 is 5.11 Å². The molecule has 1 unspecified atom stereocenters. The molecule has 1 aliphatic heterocycles. The Bertz CT molecular complexity index is 1400. The molecule has 1 N–H and O–H groups in total. The Kier molecular flexibility index (Phi) is 5.89. The topological polar surface area (TPSA) is 101 Å². The third kappa shape index (κ3) is 4.37. The van der Waals surface area contributed by atoms with Gasteiger partial charge in [-0.15, -0.1) is 0 Å². The molecular formula is C25H17F3N2O5. The van der Waals surface area contributed by atoms with Gasteiger partial charge in [0.2, 0.25) is 0 Å². The molecule has 0 aliphatic carbocycles. The van der Waals surface area contributed by atoms with E-state index in [9.17, 15) is 38.0 Å². The number of carbonyl (C=O) groups is 2. The van der Waals surface area contributed by atoms with Crippen molar-refractivity contribution in [1.82, 2.24) is 0 Å². The molecule has 0 bridgehead atoms. The fraction of sp³-hybridized carbons (Fsp3) is 0.120. The molecule has 1 saturated heterocycles. The Morgan fingerprint density at radius 1 is 1.00 bits per heavy atom. The van der Waals surface area contributed by atoms with Crippen molar-refractivity contribution >= 4 is 28.8 Å². The maximum atomic E-state index is 13.4. The first-order valence-corrected chi connectivity index (χ1v) is 10.3. The third-order valence-electron chi connectivity index (χ3n) is 5.58. The number of aliphatic hydroxyl groups is 1. The molecule has 1 fully saturated rings. The first-order chi connectivity index (χ1) is 16.5. The van der Waals surface area contributed by atoms with Gasteiger partial charge in [0.25, 0.3) is 17.4 Å². The lowest BCUT2D eigenvalue weighted by molar-refractivity contribution is -0.384. The minimum Gasteiger partial charge on any atom is -0.507 e. The second kappa shape index (κ2) is 8.71. The van der Waals surface area contributed by atoms with Crippen LogP contribution in [0.3, 0.4) is 0 Å². The van der Waals surface area contributed by atoms with Crippen LogP contribution in [0.4, 0.5) is 24.5 Å². The van der Waals surface area contributed by atoms with Crippen LogP contribution < -0.4 is 4.90 Å². The monoisotopic (exact) mass is 482 g/mol. The second-order valence-corrected chi connectivity index (χ2v) is 7.94. The third-order valence-corrected chi connectivity index (χ3v) is 5.58. The van der Waals surface area contributed by atoms with Gasteiger partial charge in [0.15, 0.2) is 0 Å². The van der Waals surface area contributed by atoms with Gasteiger partial charge in [-0.05, 0) is 30.7 Å². The van der Waals surface area contributed by atoms with Crippen LogP contribution in [-0.2, 0) is 15.8 Å². The number of halogens is 3. The van der Waals surface area contributed by atoms with Gasteiger partial charge in [-0.25, -0.2) is 0 Å². The first kappa shape index (κ1) is 23.7. The van der Waals surface area contributed by atoms with E-state index < -0.39 is 45.7 Å². The molecule has 1 atom stereocenters. The number of nitro benzene ring substituents is 1. The number of hydrogen-bond donors (Lipinski definition) is 1. The maximum Gasteiger partial charge on any atom is 0.416 e. The number of aliphatic hydroxyl groups excluding tert-OH is 1. The number of amides is 1. The van der Waals surface area contributed by atoms with Gasteiger partial charge in [0.05, 0.1) is 22.1 Å². The number of alkyl halides is 3. The summed E-state index contributed by atoms with van der Waals surface area (Å²) in [6, 6.07) is 14.2. The van der Waals surface area contributed by atoms with Gasteiger partial charge in [-0.1, -0.05) is 48.0 Å². The molecular weight excluding hydrogens is 465 g/mol. The number of aryl methyl sites for hydroxylation is 1. The van der Waals surface area contributed by atoms with E-state index in [-0.39, 0.29) is 16.9 Å². The number of non-ortho nitro benzene ring substituents is 1. The van der Waals surface area contributed by atoms with Gasteiger partial charge >= 0.3 is 6.18 Å². The summed E-state index contributed by atoms with van der Waals surface area (Å²) < 4.78 is 40.1. The van der Waals surface area contributed by atoms with Gasteiger partial charge in [-0.2, -0.15) is 13.2 Å². The molecule has 4 rings (SSSR count). The molecule has 0 spiro atoms. The number of benzene rings is 3. The van der Waals surface area contributed by atoms with Crippen LogP contribution in [0.15, 0.2) is 78.4 Å². The number of rotatable bonds is 4. The zero-order chi connectivity index (χ0) is 25.5. The van der Waals surface area contributed by atoms with Crippen LogP contribution in [0.2, 0.25) is 0 Å². The van der Waals surface area contributed by atoms with Crippen molar-refractivity contribution in [3.63, 3.8) is 0 Å². The van der Waals surface area contributed by atoms with Crippen molar-refractivity contribution in [2.45, 2.75) is 19.1 Å². The molecule has 7 nitrogen and oxygen atoms in total. The predicted octanol–water partition coefficient (Wildman–Crippen LogP) is 5.55. The average Bonchev–Trinajstić information content (AvgIpc) is 3.08. The summed E-state index contributed by atoms with van der Waals surface area (Å²) in [6.07, 6.45) is -4.69. The summed E-state index contributed by atoms with van der Waals surface area (Å²) in [4.78, 5) is 37.6. The Balaban J connectivity index is 1.96. The standard InChI is InChI=1S/C25H17F3N2O5/c1-14-5-2-6-15(11-14)21-20(22(31)16-7-3-10-19(12-16)30(34)35)23(32)24(33)29(21)18-9-4-8-17(13-18)25(26,27)28/h2-13,21,31H,1H3/b22-20-. The molecule has 35 heavy (non-hydrogen) atoms. The highest BCUT2D eigenvalue weighted by Crippen LogP contribution is 2.43. The number of carbonyl (C=O) groups excluding carboxylic acids is 2. The Morgan fingerprint density at radius 2 is 1.69 bits per heavy atom. The second-order valence-electron chi connectivity index (χ2n) is 7.94. The first-order valence-electron chi connectivity index (χ1n) is 10.3. The quantitative estimate of drug-likeness (QED) is 0.173. The summed E-state index contributed by atoms with van der Waals surface area (Å²) in [6.45, 7) is 1.75. The fourth-order valence-electron chi connectivity index (χ4n) is 4.01. The zero-order valence-corrected chi connectivity index (χ0v) is 18.1. The van der Waals surface area contributed by atoms with Gasteiger partial charge in [0, 0.05) is 23.4 Å². The molecule has 1 amide bonds. The molecule has 0 radical (unpaired) electrons. The molecule has 3 aromatic rings. The highest BCUT2D eigenvalue weighted by atomic mass is 19.4. The summed E-state index contributed by atoms with van der Waals surface area (Å²) in [5, 5.41) is 22.2. The van der Waals surface area contributed by atoms with Crippen molar-refractivity contribution < 1.29 is 32.8 Å². The van der Waals surface area contributed by atoms with E-state index in [2.05, 4.69) is 0 Å². The Hall–Kier alpha value is -4.47. The molecule has 10 heteroatoms. The van der Waals surface area contributed by atoms with Gasteiger partial charge in [-0.3, -0.25) is 24.6 Å². The lowest BCUT2D eigenvalue weighted by Gasteiger charge is -2.26. The molecule has 0 saturated carbocycles. The van der Waals surface area contributed by atoms with Gasteiger partial charge in [0.1, 0.15) is 5.76 Å². The van der Waals surface area contributed by atoms with Crippen LogP contribution >= 0.6 is 0 Å². The largest absolute Gasteiger partial charge is 0.507 e. The molecule has 3 aromatic carbocycles. The Labute approximate surface area is 196 Å². The van der Waals surface area contributed by atoms with Crippen LogP contribution in [0.25, 0.3) is 5.76 Å². The van der Waals surface area contributed by atoms with E-state index in [1.807, 2.05) is 0 Å². The minimum absolute atomic E-state index is 0.0844. The summed E-state index contributed by atoms with van der Waals surface area (Å²) in [5.41, 5.74) is -0.920. The lowest BCUT2D eigenvalue weighted by atomic mass is 9.94. The lowest BCUT2D eigenvalue weighted by Crippen LogP contribution is -2.29. The van der Waals surface area contributed by atoms with Crippen LogP contribution in [0, 0.1) is 17.0 Å². The van der Waals surface area contributed by atoms with Crippen molar-refractivity contribution in [2.24, 2.45) is 0 Å². The van der Waals surface area contributed by atoms with Crippen LogP contribution in [0.1, 0.15) is 28.3 Å². The van der Waals surface area contributed by atoms with Crippen molar-refractivity contribution in [2.75, 3.05) is 4.90 Å². The number of anilines is 1. The Morgan fingerprint density at radius 3 is 2.34 bits per heavy atom. The fourth-order valence-corrected chi connectivity index (χ4v) is 4.01. The normalized spacial score (nSPS) is 17.6. The zero-order valence-electron chi connectivity index (χ0n) is 18.1. The van der Waals surface area contributed by atoms with Crippen molar-refractivity contribution in [1.29, 1.82) is 0 Å². The van der Waals surface area contributed by atoms with E-state index in [0.717, 1.165) is 34.7 Å². The molecule has 1 heterocycles. The van der Waals surface area contributed by atoms with E-state index in [4.69, 9.17) is 0 Å². The van der Waals surface area contributed by atoms with Crippen molar-refractivity contribution in [3.8, 4) is 0 Å². The number of ketones is 1. The smallest absolute Gasteiger partial charge is 0.416 e.